The summed E-state index contributed by atoms with van der Waals surface area (Å²) in [5.74, 6) is 0.606. The van der Waals surface area contributed by atoms with Crippen molar-refractivity contribution in [3.05, 3.63) is 64.9 Å². The van der Waals surface area contributed by atoms with Gasteiger partial charge in [-0.15, -0.1) is 11.8 Å². The molecule has 1 unspecified atom stereocenters. The van der Waals surface area contributed by atoms with E-state index in [-0.39, 0.29) is 11.9 Å². The number of rotatable bonds is 6. The predicted octanol–water partition coefficient (Wildman–Crippen LogP) is 4.92. The van der Waals surface area contributed by atoms with Gasteiger partial charge in [0.2, 0.25) is 0 Å². The van der Waals surface area contributed by atoms with E-state index < -0.39 is 0 Å². The summed E-state index contributed by atoms with van der Waals surface area (Å²) in [6.07, 6.45) is 0. The summed E-state index contributed by atoms with van der Waals surface area (Å²) in [6, 6.07) is 14.6. The van der Waals surface area contributed by atoms with Crippen molar-refractivity contribution >= 4 is 23.4 Å². The minimum atomic E-state index is -0.201. The van der Waals surface area contributed by atoms with Crippen molar-refractivity contribution in [1.29, 1.82) is 0 Å². The van der Waals surface area contributed by atoms with Gasteiger partial charge in [-0.3, -0.25) is 0 Å². The van der Waals surface area contributed by atoms with Crippen molar-refractivity contribution in [2.75, 3.05) is 12.3 Å². The Hall–Kier alpha value is -1.03. The van der Waals surface area contributed by atoms with Crippen LogP contribution in [0.25, 0.3) is 0 Å². The zero-order chi connectivity index (χ0) is 14.4. The van der Waals surface area contributed by atoms with Crippen LogP contribution >= 0.6 is 23.4 Å². The average Bonchev–Trinajstić information content (AvgIpc) is 2.45. The summed E-state index contributed by atoms with van der Waals surface area (Å²) in [4.78, 5) is 1.05. The Balaban J connectivity index is 2.08. The fraction of sp³-hybridized carbons (Fsp3) is 0.250. The molecule has 2 aromatic rings. The van der Waals surface area contributed by atoms with Crippen LogP contribution in [-0.2, 0) is 0 Å². The van der Waals surface area contributed by atoms with E-state index in [1.54, 1.807) is 23.9 Å². The second-order valence-corrected chi connectivity index (χ2v) is 5.88. The van der Waals surface area contributed by atoms with E-state index in [1.165, 1.54) is 6.07 Å². The molecule has 2 rings (SSSR count). The molecule has 20 heavy (non-hydrogen) atoms. The van der Waals surface area contributed by atoms with Gasteiger partial charge in [0.15, 0.2) is 0 Å². The minimum absolute atomic E-state index is 0.108. The van der Waals surface area contributed by atoms with E-state index in [0.29, 0.717) is 0 Å². The third-order valence-corrected chi connectivity index (χ3v) is 4.55. The summed E-state index contributed by atoms with van der Waals surface area (Å²) in [7, 11) is 0. The molecule has 1 N–H and O–H groups in total. The maximum Gasteiger partial charge on any atom is 0.123 e. The van der Waals surface area contributed by atoms with E-state index in [1.807, 2.05) is 37.3 Å². The number of hydrogen-bond acceptors (Lipinski definition) is 2. The third-order valence-electron chi connectivity index (χ3n) is 2.94. The summed E-state index contributed by atoms with van der Waals surface area (Å²) in [6.45, 7) is 2.89. The first-order valence-electron chi connectivity index (χ1n) is 6.57. The summed E-state index contributed by atoms with van der Waals surface area (Å²) in [5, 5.41) is 4.14. The van der Waals surface area contributed by atoms with Crippen LogP contribution < -0.4 is 5.32 Å². The van der Waals surface area contributed by atoms with Gasteiger partial charge < -0.3 is 5.32 Å². The van der Waals surface area contributed by atoms with Gasteiger partial charge in [-0.2, -0.15) is 0 Å². The lowest BCUT2D eigenvalue weighted by atomic mass is 10.1. The van der Waals surface area contributed by atoms with Crippen LogP contribution in [0.2, 0.25) is 5.02 Å². The molecule has 106 valence electrons. The van der Waals surface area contributed by atoms with Crippen molar-refractivity contribution < 1.29 is 4.39 Å². The van der Waals surface area contributed by atoms with Gasteiger partial charge in [0.25, 0.3) is 0 Å². The Morgan fingerprint density at radius 3 is 2.70 bits per heavy atom. The SMILES string of the molecule is CCNC(CSc1ccccc1Cl)c1cccc(F)c1. The number of benzene rings is 2. The average molecular weight is 310 g/mol. The quantitative estimate of drug-likeness (QED) is 0.760. The fourth-order valence-corrected chi connectivity index (χ4v) is 3.31. The molecule has 0 aromatic heterocycles. The van der Waals surface area contributed by atoms with Crippen LogP contribution in [0, 0.1) is 5.82 Å². The molecule has 0 amide bonds. The largest absolute Gasteiger partial charge is 0.309 e. The van der Waals surface area contributed by atoms with E-state index in [2.05, 4.69) is 5.32 Å². The third kappa shape index (κ3) is 4.23. The molecule has 4 heteroatoms. The monoisotopic (exact) mass is 309 g/mol. The first-order valence-corrected chi connectivity index (χ1v) is 7.93. The Morgan fingerprint density at radius 2 is 2.00 bits per heavy atom. The van der Waals surface area contributed by atoms with Crippen LogP contribution in [0.1, 0.15) is 18.5 Å². The van der Waals surface area contributed by atoms with Crippen molar-refractivity contribution in [3.63, 3.8) is 0 Å². The second-order valence-electron chi connectivity index (χ2n) is 4.41. The lowest BCUT2D eigenvalue weighted by molar-refractivity contribution is 0.588. The number of nitrogens with one attached hydrogen (secondary N) is 1. The maximum atomic E-state index is 13.3. The molecular formula is C16H17ClFNS. The topological polar surface area (TPSA) is 12.0 Å². The highest BCUT2D eigenvalue weighted by molar-refractivity contribution is 7.99. The minimum Gasteiger partial charge on any atom is -0.309 e. The molecule has 0 spiro atoms. The molecule has 1 atom stereocenters. The van der Waals surface area contributed by atoms with Gasteiger partial charge in [0.1, 0.15) is 5.82 Å². The van der Waals surface area contributed by atoms with Crippen LogP contribution in [0.15, 0.2) is 53.4 Å². The zero-order valence-corrected chi connectivity index (χ0v) is 12.8. The Kier molecular flexibility index (Phi) is 5.89. The molecule has 0 heterocycles. The molecule has 1 nitrogen and oxygen atoms in total. The Morgan fingerprint density at radius 1 is 1.20 bits per heavy atom. The highest BCUT2D eigenvalue weighted by atomic mass is 35.5. The van der Waals surface area contributed by atoms with Gasteiger partial charge in [0, 0.05) is 16.7 Å². The molecule has 2 aromatic carbocycles. The van der Waals surface area contributed by atoms with Crippen molar-refractivity contribution in [3.8, 4) is 0 Å². The molecule has 0 saturated carbocycles. The van der Waals surface area contributed by atoms with Gasteiger partial charge in [-0.05, 0) is 36.4 Å². The first kappa shape index (κ1) is 15.4. The molecular weight excluding hydrogens is 293 g/mol. The fourth-order valence-electron chi connectivity index (χ4n) is 1.98. The normalized spacial score (nSPS) is 12.3. The lowest BCUT2D eigenvalue weighted by Gasteiger charge is -2.18. The highest BCUT2D eigenvalue weighted by Crippen LogP contribution is 2.30. The van der Waals surface area contributed by atoms with Crippen LogP contribution in [0.4, 0.5) is 4.39 Å². The molecule has 0 fully saturated rings. The van der Waals surface area contributed by atoms with Gasteiger partial charge in [-0.1, -0.05) is 42.8 Å². The number of thioether (sulfide) groups is 1. The zero-order valence-electron chi connectivity index (χ0n) is 11.3. The maximum absolute atomic E-state index is 13.3. The smallest absolute Gasteiger partial charge is 0.123 e. The molecule has 0 aliphatic heterocycles. The van der Waals surface area contributed by atoms with Gasteiger partial charge in [0.05, 0.1) is 5.02 Å². The van der Waals surface area contributed by atoms with Crippen LogP contribution in [-0.4, -0.2) is 12.3 Å². The molecule has 0 aliphatic carbocycles. The lowest BCUT2D eigenvalue weighted by Crippen LogP contribution is -2.23. The number of halogens is 2. The van der Waals surface area contributed by atoms with E-state index in [9.17, 15) is 4.39 Å². The molecule has 0 radical (unpaired) electrons. The van der Waals surface area contributed by atoms with Gasteiger partial charge in [-0.25, -0.2) is 4.39 Å². The van der Waals surface area contributed by atoms with Gasteiger partial charge >= 0.3 is 0 Å². The van der Waals surface area contributed by atoms with Crippen molar-refractivity contribution in [1.82, 2.24) is 5.32 Å². The molecule has 0 bridgehead atoms. The molecule has 0 aliphatic rings. The van der Waals surface area contributed by atoms with Crippen molar-refractivity contribution in [2.45, 2.75) is 17.9 Å². The standard InChI is InChI=1S/C16H17ClFNS/c1-2-19-15(12-6-5-7-13(18)10-12)11-20-16-9-4-3-8-14(16)17/h3-10,15,19H,2,11H2,1H3. The van der Waals surface area contributed by atoms with Crippen LogP contribution in [0.5, 0.6) is 0 Å². The highest BCUT2D eigenvalue weighted by Gasteiger charge is 2.12. The summed E-state index contributed by atoms with van der Waals surface area (Å²) >= 11 is 7.83. The predicted molar refractivity (Wildman–Crippen MR) is 85.0 cm³/mol. The van der Waals surface area contributed by atoms with Crippen molar-refractivity contribution in [2.24, 2.45) is 0 Å². The van der Waals surface area contributed by atoms with E-state index >= 15 is 0 Å². The number of hydrogen-bond donors (Lipinski definition) is 1. The Bertz CT molecular complexity index is 562. The molecule has 0 saturated heterocycles. The Labute approximate surface area is 128 Å². The second kappa shape index (κ2) is 7.67. The first-order chi connectivity index (χ1) is 9.70. The van der Waals surface area contributed by atoms with E-state index in [4.69, 9.17) is 11.6 Å². The summed E-state index contributed by atoms with van der Waals surface area (Å²) in [5.41, 5.74) is 0.964. The summed E-state index contributed by atoms with van der Waals surface area (Å²) < 4.78 is 13.3. The van der Waals surface area contributed by atoms with E-state index in [0.717, 1.165) is 27.8 Å². The van der Waals surface area contributed by atoms with Crippen LogP contribution in [0.3, 0.4) is 0 Å².